The van der Waals surface area contributed by atoms with E-state index >= 15 is 0 Å². The Labute approximate surface area is 174 Å². The minimum absolute atomic E-state index is 0.641. The Hall–Kier alpha value is -2.17. The molecule has 4 nitrogen and oxygen atoms in total. The number of aliphatic carboxylic acids is 1. The van der Waals surface area contributed by atoms with Gasteiger partial charge in [0.1, 0.15) is 6.10 Å². The van der Waals surface area contributed by atoms with Crippen LogP contribution < -0.4 is 0 Å². The zero-order valence-electron chi connectivity index (χ0n) is 17.6. The molecule has 29 heavy (non-hydrogen) atoms. The van der Waals surface area contributed by atoms with Crippen LogP contribution in [0.25, 0.3) is 0 Å². The first kappa shape index (κ1) is 23.1. The summed E-state index contributed by atoms with van der Waals surface area (Å²) in [5.41, 5.74) is 1.39. The molecule has 2 atom stereocenters. The zero-order valence-corrected chi connectivity index (χ0v) is 17.6. The fraction of sp³-hybridized carbons (Fsp3) is 0.480. The standard InChI is InChI=1S/C25H34O4/c1-25(29-2,24(27)28)23(26)22-19-13-12-18-21(22)17-11-6-4-3-5-8-14-20-15-9-7-10-16-20/h7,9-10,12-13,15-16,18-19,23,26H,3-6,8,11,14,17H2,1-2H3,(H,27,28). The topological polar surface area (TPSA) is 66.8 Å². The van der Waals surface area contributed by atoms with Crippen LogP contribution in [0.2, 0.25) is 0 Å². The number of carbonyl (C=O) groups is 1. The van der Waals surface area contributed by atoms with Crippen LogP contribution in [-0.4, -0.2) is 28.9 Å². The van der Waals surface area contributed by atoms with Gasteiger partial charge in [0, 0.05) is 7.11 Å². The van der Waals surface area contributed by atoms with Crippen molar-refractivity contribution in [3.63, 3.8) is 0 Å². The molecule has 0 heterocycles. The van der Waals surface area contributed by atoms with Crippen molar-refractivity contribution in [2.24, 2.45) is 0 Å². The number of unbranched alkanes of at least 4 members (excludes halogenated alkanes) is 5. The maximum atomic E-state index is 11.6. The van der Waals surface area contributed by atoms with E-state index in [4.69, 9.17) is 4.74 Å². The minimum atomic E-state index is -1.66. The molecule has 158 valence electrons. The first-order valence-corrected chi connectivity index (χ1v) is 10.6. The van der Waals surface area contributed by atoms with E-state index in [0.717, 1.165) is 31.2 Å². The third kappa shape index (κ3) is 6.69. The summed E-state index contributed by atoms with van der Waals surface area (Å²) in [5, 5.41) is 20.1. The molecule has 0 amide bonds. The second-order valence-electron chi connectivity index (χ2n) is 7.82. The van der Waals surface area contributed by atoms with Crippen molar-refractivity contribution < 1.29 is 19.7 Å². The third-order valence-corrected chi connectivity index (χ3v) is 5.72. The van der Waals surface area contributed by atoms with Gasteiger partial charge in [0.05, 0.1) is 0 Å². The van der Waals surface area contributed by atoms with Crippen molar-refractivity contribution in [3.05, 3.63) is 71.3 Å². The normalized spacial score (nSPS) is 14.3. The number of hydrogen-bond acceptors (Lipinski definition) is 3. The average molecular weight is 399 g/mol. The highest BCUT2D eigenvalue weighted by Crippen LogP contribution is 2.32. The van der Waals surface area contributed by atoms with Gasteiger partial charge in [-0.1, -0.05) is 80.3 Å². The van der Waals surface area contributed by atoms with Crippen molar-refractivity contribution in [1.82, 2.24) is 0 Å². The summed E-state index contributed by atoms with van der Waals surface area (Å²) in [6.45, 7) is 1.41. The number of aliphatic hydroxyl groups excluding tert-OH is 1. The summed E-state index contributed by atoms with van der Waals surface area (Å²) in [4.78, 5) is 11.6. The van der Waals surface area contributed by atoms with Crippen LogP contribution >= 0.6 is 0 Å². The maximum Gasteiger partial charge on any atom is 0.338 e. The van der Waals surface area contributed by atoms with Gasteiger partial charge in [0.2, 0.25) is 0 Å². The lowest BCUT2D eigenvalue weighted by Gasteiger charge is -2.30. The van der Waals surface area contributed by atoms with Crippen molar-refractivity contribution in [2.75, 3.05) is 7.11 Å². The molecule has 0 aliphatic heterocycles. The Balaban J connectivity index is 1.75. The van der Waals surface area contributed by atoms with E-state index in [9.17, 15) is 15.0 Å². The number of carboxylic acids is 1. The number of rotatable bonds is 13. The first-order chi connectivity index (χ1) is 14.0. The Bertz CT molecular complexity index is 743. The molecule has 0 aliphatic rings. The van der Waals surface area contributed by atoms with Crippen LogP contribution in [0.1, 0.15) is 68.2 Å². The molecular formula is C25H34O4. The van der Waals surface area contributed by atoms with Crippen molar-refractivity contribution in [3.8, 4) is 0 Å². The summed E-state index contributed by atoms with van der Waals surface area (Å²) < 4.78 is 5.13. The van der Waals surface area contributed by atoms with Gasteiger partial charge in [-0.25, -0.2) is 4.79 Å². The molecule has 0 saturated carbocycles. The lowest BCUT2D eigenvalue weighted by atomic mass is 9.88. The molecule has 2 aromatic rings. The molecule has 2 aromatic carbocycles. The molecule has 0 fully saturated rings. The maximum absolute atomic E-state index is 11.6. The molecule has 0 spiro atoms. The molecule has 2 rings (SSSR count). The first-order valence-electron chi connectivity index (χ1n) is 10.6. The monoisotopic (exact) mass is 398 g/mol. The second-order valence-corrected chi connectivity index (χ2v) is 7.82. The number of methoxy groups -OCH3 is 1. The SMILES string of the molecule is COC(C)(C(=O)O)C(O)c1ccccc1CCCCCCCCc1ccccc1. The predicted molar refractivity (Wildman–Crippen MR) is 116 cm³/mol. The highest BCUT2D eigenvalue weighted by molar-refractivity contribution is 5.78. The summed E-state index contributed by atoms with van der Waals surface area (Å²) in [7, 11) is 1.32. The summed E-state index contributed by atoms with van der Waals surface area (Å²) >= 11 is 0. The summed E-state index contributed by atoms with van der Waals surface area (Å²) in [5.74, 6) is -1.17. The minimum Gasteiger partial charge on any atom is -0.479 e. The summed E-state index contributed by atoms with van der Waals surface area (Å²) in [6, 6.07) is 18.1. The van der Waals surface area contributed by atoms with E-state index in [1.54, 1.807) is 6.07 Å². The number of aliphatic hydroxyl groups is 1. The number of hydrogen-bond donors (Lipinski definition) is 2. The summed E-state index contributed by atoms with van der Waals surface area (Å²) in [6.07, 6.45) is 7.83. The van der Waals surface area contributed by atoms with Gasteiger partial charge < -0.3 is 14.9 Å². The second kappa shape index (κ2) is 11.7. The number of carboxylic acid groups (broad SMARTS) is 1. The molecule has 2 N–H and O–H groups in total. The molecule has 0 aromatic heterocycles. The number of aryl methyl sites for hydroxylation is 2. The fourth-order valence-electron chi connectivity index (χ4n) is 3.64. The van der Waals surface area contributed by atoms with Crippen LogP contribution in [0.3, 0.4) is 0 Å². The Morgan fingerprint density at radius 2 is 1.45 bits per heavy atom. The van der Waals surface area contributed by atoms with E-state index in [2.05, 4.69) is 30.3 Å². The lowest BCUT2D eigenvalue weighted by Crippen LogP contribution is -2.43. The number of ether oxygens (including phenoxy) is 1. The van der Waals surface area contributed by atoms with Crippen molar-refractivity contribution in [1.29, 1.82) is 0 Å². The number of benzene rings is 2. The zero-order chi connectivity index (χ0) is 21.1. The Morgan fingerprint density at radius 1 is 0.897 bits per heavy atom. The molecule has 0 radical (unpaired) electrons. The van der Waals surface area contributed by atoms with Gasteiger partial charge in [-0.2, -0.15) is 0 Å². The smallest absolute Gasteiger partial charge is 0.338 e. The van der Waals surface area contributed by atoms with E-state index in [0.29, 0.717) is 5.56 Å². The Morgan fingerprint density at radius 3 is 2.07 bits per heavy atom. The predicted octanol–water partition coefficient (Wildman–Crippen LogP) is 5.34. The van der Waals surface area contributed by atoms with Crippen LogP contribution in [0.5, 0.6) is 0 Å². The van der Waals surface area contributed by atoms with Crippen molar-refractivity contribution in [2.45, 2.75) is 70.0 Å². The third-order valence-electron chi connectivity index (χ3n) is 5.72. The van der Waals surface area contributed by atoms with E-state index in [-0.39, 0.29) is 0 Å². The lowest BCUT2D eigenvalue weighted by molar-refractivity contribution is -0.174. The van der Waals surface area contributed by atoms with E-state index < -0.39 is 17.7 Å². The molecule has 4 heteroatoms. The molecular weight excluding hydrogens is 364 g/mol. The van der Waals surface area contributed by atoms with Crippen LogP contribution in [0.15, 0.2) is 54.6 Å². The van der Waals surface area contributed by atoms with Crippen LogP contribution in [-0.2, 0) is 22.4 Å². The van der Waals surface area contributed by atoms with Gasteiger partial charge in [-0.05, 0) is 49.3 Å². The van der Waals surface area contributed by atoms with Gasteiger partial charge in [-0.3, -0.25) is 0 Å². The van der Waals surface area contributed by atoms with Crippen molar-refractivity contribution >= 4 is 5.97 Å². The molecule has 0 saturated heterocycles. The molecule has 2 unspecified atom stereocenters. The fourth-order valence-corrected chi connectivity index (χ4v) is 3.64. The molecule has 0 bridgehead atoms. The largest absolute Gasteiger partial charge is 0.479 e. The van der Waals surface area contributed by atoms with E-state index in [1.807, 2.05) is 18.2 Å². The van der Waals surface area contributed by atoms with Gasteiger partial charge in [-0.15, -0.1) is 0 Å². The van der Waals surface area contributed by atoms with Crippen LogP contribution in [0, 0.1) is 0 Å². The Kier molecular flexibility index (Phi) is 9.36. The van der Waals surface area contributed by atoms with Gasteiger partial charge >= 0.3 is 5.97 Å². The molecule has 0 aliphatic carbocycles. The van der Waals surface area contributed by atoms with Gasteiger partial charge in [0.15, 0.2) is 5.60 Å². The highest BCUT2D eigenvalue weighted by Gasteiger charge is 2.42. The average Bonchev–Trinajstić information content (AvgIpc) is 2.75. The van der Waals surface area contributed by atoms with Gasteiger partial charge in [0.25, 0.3) is 0 Å². The van der Waals surface area contributed by atoms with Crippen LogP contribution in [0.4, 0.5) is 0 Å². The quantitative estimate of drug-likeness (QED) is 0.447. The van der Waals surface area contributed by atoms with E-state index in [1.165, 1.54) is 45.3 Å². The highest BCUT2D eigenvalue weighted by atomic mass is 16.5.